The second-order valence-electron chi connectivity index (χ2n) is 7.38. The largest absolute Gasteiger partial charge is 0.403 e. The van der Waals surface area contributed by atoms with Crippen LogP contribution in [0, 0.1) is 0 Å². The molecule has 0 saturated carbocycles. The van der Waals surface area contributed by atoms with E-state index in [0.29, 0.717) is 23.9 Å². The van der Waals surface area contributed by atoms with Crippen LogP contribution in [-0.2, 0) is 4.74 Å². The van der Waals surface area contributed by atoms with Crippen molar-refractivity contribution in [3.05, 3.63) is 24.0 Å². The van der Waals surface area contributed by atoms with Crippen LogP contribution in [0.15, 0.2) is 22.7 Å². The quantitative estimate of drug-likeness (QED) is 0.794. The molecule has 0 unspecified atom stereocenters. The van der Waals surface area contributed by atoms with Crippen LogP contribution in [0.5, 0.6) is 0 Å². The average molecular weight is 388 g/mol. The zero-order valence-electron chi connectivity index (χ0n) is 17.6. The number of ether oxygens (including phenoxy) is 1. The predicted octanol–water partition coefficient (Wildman–Crippen LogP) is 3.58. The van der Waals surface area contributed by atoms with Crippen LogP contribution < -0.4 is 4.90 Å². The maximum absolute atomic E-state index is 5.92. The third-order valence-corrected chi connectivity index (χ3v) is 5.34. The van der Waals surface area contributed by atoms with E-state index >= 15 is 0 Å². The highest BCUT2D eigenvalue weighted by molar-refractivity contribution is 5.52. The molecular formula is C21H33N5O2. The Labute approximate surface area is 168 Å². The molecule has 4 rings (SSSR count). The zero-order chi connectivity index (χ0) is 19.9. The van der Waals surface area contributed by atoms with E-state index in [1.165, 1.54) is 0 Å². The van der Waals surface area contributed by atoms with Gasteiger partial charge in [0.25, 0.3) is 5.89 Å². The number of hydrogen-bond donors (Lipinski definition) is 0. The Hall–Kier alpha value is -1.99. The highest BCUT2D eigenvalue weighted by Gasteiger charge is 2.28. The molecule has 0 radical (unpaired) electrons. The highest BCUT2D eigenvalue weighted by Crippen LogP contribution is 2.26. The van der Waals surface area contributed by atoms with Crippen molar-refractivity contribution in [3.8, 4) is 11.5 Å². The first-order chi connectivity index (χ1) is 13.7. The fourth-order valence-electron chi connectivity index (χ4n) is 3.70. The van der Waals surface area contributed by atoms with Gasteiger partial charge in [-0.1, -0.05) is 32.8 Å². The summed E-state index contributed by atoms with van der Waals surface area (Å²) in [5.41, 5.74) is 1.94. The van der Waals surface area contributed by atoms with Gasteiger partial charge in [0.05, 0.1) is 18.8 Å². The van der Waals surface area contributed by atoms with Gasteiger partial charge in [-0.25, -0.2) is 0 Å². The standard InChI is InChI=1S/C19H27N5O2.C2H6/c1-14(2)17-4-3-15(13-20-17)18-21-22-19(26-18)24-7-5-16(6-8-24)23-9-11-25-12-10-23;1-2/h3-4,13-14,16H,5-12H2,1-2H3;1-2H3. The normalized spacial score (nSPS) is 18.8. The van der Waals surface area contributed by atoms with Crippen molar-refractivity contribution in [2.24, 2.45) is 0 Å². The molecule has 28 heavy (non-hydrogen) atoms. The summed E-state index contributed by atoms with van der Waals surface area (Å²) in [7, 11) is 0. The lowest BCUT2D eigenvalue weighted by molar-refractivity contribution is 0.0113. The molecule has 2 aromatic rings. The third-order valence-electron chi connectivity index (χ3n) is 5.34. The molecule has 2 aliphatic rings. The molecule has 0 amide bonds. The Balaban J connectivity index is 0.00000109. The summed E-state index contributed by atoms with van der Waals surface area (Å²) in [6.45, 7) is 14.0. The van der Waals surface area contributed by atoms with E-state index in [-0.39, 0.29) is 0 Å². The summed E-state index contributed by atoms with van der Waals surface area (Å²) in [4.78, 5) is 9.24. The van der Waals surface area contributed by atoms with Gasteiger partial charge in [0.2, 0.25) is 0 Å². The van der Waals surface area contributed by atoms with E-state index in [1.54, 1.807) is 0 Å². The van der Waals surface area contributed by atoms with Crippen molar-refractivity contribution in [1.29, 1.82) is 0 Å². The molecule has 2 aromatic heterocycles. The molecule has 0 N–H and O–H groups in total. The van der Waals surface area contributed by atoms with E-state index in [9.17, 15) is 0 Å². The highest BCUT2D eigenvalue weighted by atomic mass is 16.5. The van der Waals surface area contributed by atoms with E-state index in [4.69, 9.17) is 9.15 Å². The average Bonchev–Trinajstić information content (AvgIpc) is 3.26. The lowest BCUT2D eigenvalue weighted by atomic mass is 10.0. The number of hydrogen-bond acceptors (Lipinski definition) is 7. The minimum absolute atomic E-state index is 0.412. The fourth-order valence-corrected chi connectivity index (χ4v) is 3.70. The Bertz CT molecular complexity index is 702. The SMILES string of the molecule is CC.CC(C)c1ccc(-c2nnc(N3CCC(N4CCOCC4)CC3)o2)cn1. The number of morpholine rings is 1. The molecule has 0 spiro atoms. The van der Waals surface area contributed by atoms with Crippen LogP contribution >= 0.6 is 0 Å². The maximum Gasteiger partial charge on any atom is 0.318 e. The summed E-state index contributed by atoms with van der Waals surface area (Å²) in [6.07, 6.45) is 4.07. The first-order valence-electron chi connectivity index (χ1n) is 10.6. The fraction of sp³-hybridized carbons (Fsp3) is 0.667. The molecule has 0 atom stereocenters. The van der Waals surface area contributed by atoms with Gasteiger partial charge in [-0.15, -0.1) is 5.10 Å². The van der Waals surface area contributed by atoms with Crippen LogP contribution in [0.1, 0.15) is 52.1 Å². The minimum atomic E-state index is 0.412. The second-order valence-corrected chi connectivity index (χ2v) is 7.38. The van der Waals surface area contributed by atoms with Crippen molar-refractivity contribution in [3.63, 3.8) is 0 Å². The van der Waals surface area contributed by atoms with Crippen LogP contribution in [0.2, 0.25) is 0 Å². The smallest absolute Gasteiger partial charge is 0.318 e. The van der Waals surface area contributed by atoms with Crippen LogP contribution in [0.4, 0.5) is 6.01 Å². The first-order valence-corrected chi connectivity index (χ1v) is 10.6. The van der Waals surface area contributed by atoms with Crippen LogP contribution in [0.3, 0.4) is 0 Å². The minimum Gasteiger partial charge on any atom is -0.403 e. The van der Waals surface area contributed by atoms with Gasteiger partial charge < -0.3 is 14.1 Å². The van der Waals surface area contributed by atoms with Gasteiger partial charge in [-0.2, -0.15) is 0 Å². The first kappa shape index (κ1) is 20.7. The topological polar surface area (TPSA) is 67.5 Å². The van der Waals surface area contributed by atoms with E-state index in [1.807, 2.05) is 32.2 Å². The zero-order valence-corrected chi connectivity index (χ0v) is 17.6. The summed E-state index contributed by atoms with van der Waals surface area (Å²) >= 11 is 0. The van der Waals surface area contributed by atoms with Gasteiger partial charge in [0.1, 0.15) is 0 Å². The van der Waals surface area contributed by atoms with Crippen molar-refractivity contribution in [2.75, 3.05) is 44.3 Å². The number of anilines is 1. The van der Waals surface area contributed by atoms with E-state index < -0.39 is 0 Å². The molecule has 7 heteroatoms. The monoisotopic (exact) mass is 387 g/mol. The summed E-state index contributed by atoms with van der Waals surface area (Å²) in [6, 6.07) is 5.29. The molecule has 0 bridgehead atoms. The van der Waals surface area contributed by atoms with Crippen molar-refractivity contribution >= 4 is 6.01 Å². The lowest BCUT2D eigenvalue weighted by Crippen LogP contribution is -2.49. The van der Waals surface area contributed by atoms with Crippen molar-refractivity contribution in [1.82, 2.24) is 20.1 Å². The Morgan fingerprint density at radius 3 is 2.32 bits per heavy atom. The maximum atomic E-state index is 5.92. The Morgan fingerprint density at radius 2 is 1.71 bits per heavy atom. The second kappa shape index (κ2) is 9.98. The van der Waals surface area contributed by atoms with Gasteiger partial charge >= 0.3 is 6.01 Å². The molecular weight excluding hydrogens is 354 g/mol. The molecule has 2 aliphatic heterocycles. The summed E-state index contributed by atoms with van der Waals surface area (Å²) in [5.74, 6) is 0.952. The number of piperidine rings is 1. The summed E-state index contributed by atoms with van der Waals surface area (Å²) in [5, 5.41) is 8.48. The van der Waals surface area contributed by atoms with Crippen LogP contribution in [0.25, 0.3) is 11.5 Å². The Kier molecular flexibility index (Phi) is 7.39. The molecule has 7 nitrogen and oxygen atoms in total. The van der Waals surface area contributed by atoms with E-state index in [0.717, 1.165) is 63.5 Å². The molecule has 154 valence electrons. The molecule has 0 aromatic carbocycles. The lowest BCUT2D eigenvalue weighted by Gasteiger charge is -2.39. The Morgan fingerprint density at radius 1 is 1.00 bits per heavy atom. The number of nitrogens with zero attached hydrogens (tertiary/aromatic N) is 5. The number of rotatable bonds is 4. The predicted molar refractivity (Wildman–Crippen MR) is 111 cm³/mol. The van der Waals surface area contributed by atoms with Gasteiger partial charge in [-0.05, 0) is 30.9 Å². The number of aromatic nitrogens is 3. The molecule has 2 saturated heterocycles. The third kappa shape index (κ3) is 4.89. The van der Waals surface area contributed by atoms with Gasteiger partial charge in [0.15, 0.2) is 0 Å². The van der Waals surface area contributed by atoms with Crippen molar-refractivity contribution in [2.45, 2.75) is 52.5 Å². The summed E-state index contributed by atoms with van der Waals surface area (Å²) < 4.78 is 11.4. The van der Waals surface area contributed by atoms with Gasteiger partial charge in [0, 0.05) is 44.1 Å². The number of pyridine rings is 1. The van der Waals surface area contributed by atoms with Crippen LogP contribution in [-0.4, -0.2) is 65.5 Å². The van der Waals surface area contributed by atoms with E-state index in [2.05, 4.69) is 38.8 Å². The van der Waals surface area contributed by atoms with Crippen molar-refractivity contribution < 1.29 is 9.15 Å². The molecule has 0 aliphatic carbocycles. The molecule has 2 fully saturated rings. The molecule has 4 heterocycles. The van der Waals surface area contributed by atoms with Gasteiger partial charge in [-0.3, -0.25) is 9.88 Å².